The Morgan fingerprint density at radius 1 is 1.53 bits per heavy atom. The Balaban J connectivity index is 2.65. The molecule has 0 aliphatic heterocycles. The van der Waals surface area contributed by atoms with Crippen LogP contribution in [0.15, 0.2) is 18.2 Å². The van der Waals surface area contributed by atoms with Gasteiger partial charge in [-0.25, -0.2) is 4.39 Å². The number of carbonyl (C=O) groups is 1. The maximum atomic E-state index is 12.8. The molecular formula is C10H12ClFN2O. The SMILES string of the molecule is CN(C)CC(=O)Nc1ccc(F)c(Cl)c1. The van der Waals surface area contributed by atoms with Crippen molar-refractivity contribution in [2.45, 2.75) is 0 Å². The van der Waals surface area contributed by atoms with Gasteiger partial charge in [-0.2, -0.15) is 0 Å². The third-order valence-corrected chi connectivity index (χ3v) is 1.95. The molecule has 1 aromatic rings. The number of anilines is 1. The zero-order valence-electron chi connectivity index (χ0n) is 8.55. The second-order valence-corrected chi connectivity index (χ2v) is 3.82. The average Bonchev–Trinajstić information content (AvgIpc) is 2.10. The van der Waals surface area contributed by atoms with Crippen LogP contribution in [-0.2, 0) is 4.79 Å². The minimum absolute atomic E-state index is 0.00217. The van der Waals surface area contributed by atoms with Gasteiger partial charge in [0.05, 0.1) is 11.6 Å². The molecule has 1 rings (SSSR count). The number of benzene rings is 1. The second kappa shape index (κ2) is 5.09. The van der Waals surface area contributed by atoms with E-state index in [0.717, 1.165) is 0 Å². The molecule has 0 saturated carbocycles. The van der Waals surface area contributed by atoms with Gasteiger partial charge < -0.3 is 10.2 Å². The molecule has 15 heavy (non-hydrogen) atoms. The van der Waals surface area contributed by atoms with Gasteiger partial charge in [-0.1, -0.05) is 11.6 Å². The Morgan fingerprint density at radius 3 is 2.73 bits per heavy atom. The maximum absolute atomic E-state index is 12.8. The van der Waals surface area contributed by atoms with Gasteiger partial charge in [-0.3, -0.25) is 4.79 Å². The summed E-state index contributed by atoms with van der Waals surface area (Å²) in [4.78, 5) is 13.1. The van der Waals surface area contributed by atoms with Gasteiger partial charge in [0, 0.05) is 5.69 Å². The first kappa shape index (κ1) is 11.9. The molecule has 1 amide bonds. The van der Waals surface area contributed by atoms with Gasteiger partial charge >= 0.3 is 0 Å². The number of hydrogen-bond acceptors (Lipinski definition) is 2. The number of rotatable bonds is 3. The lowest BCUT2D eigenvalue weighted by Gasteiger charge is -2.10. The van der Waals surface area contributed by atoms with E-state index in [1.807, 2.05) is 0 Å². The lowest BCUT2D eigenvalue weighted by Crippen LogP contribution is -2.27. The summed E-state index contributed by atoms with van der Waals surface area (Å²) >= 11 is 5.57. The van der Waals surface area contributed by atoms with Crippen LogP contribution in [0.3, 0.4) is 0 Å². The van der Waals surface area contributed by atoms with Gasteiger partial charge in [0.2, 0.25) is 5.91 Å². The molecular weight excluding hydrogens is 219 g/mol. The van der Waals surface area contributed by atoms with E-state index >= 15 is 0 Å². The molecule has 5 heteroatoms. The van der Waals surface area contributed by atoms with Crippen LogP contribution in [0.5, 0.6) is 0 Å². The van der Waals surface area contributed by atoms with Crippen molar-refractivity contribution in [3.8, 4) is 0 Å². The first-order valence-corrected chi connectivity index (χ1v) is 4.76. The van der Waals surface area contributed by atoms with Crippen molar-refractivity contribution in [3.63, 3.8) is 0 Å². The van der Waals surface area contributed by atoms with E-state index in [2.05, 4.69) is 5.32 Å². The standard InChI is InChI=1S/C10H12ClFN2O/c1-14(2)6-10(15)13-7-3-4-9(12)8(11)5-7/h3-5H,6H2,1-2H3,(H,13,15). The van der Waals surface area contributed by atoms with E-state index in [9.17, 15) is 9.18 Å². The van der Waals surface area contributed by atoms with E-state index in [0.29, 0.717) is 5.69 Å². The van der Waals surface area contributed by atoms with Crippen LogP contribution in [0.4, 0.5) is 10.1 Å². The van der Waals surface area contributed by atoms with Crippen LogP contribution >= 0.6 is 11.6 Å². The molecule has 1 aromatic carbocycles. The van der Waals surface area contributed by atoms with Crippen molar-refractivity contribution >= 4 is 23.2 Å². The van der Waals surface area contributed by atoms with Gasteiger partial charge in [0.1, 0.15) is 5.82 Å². The lowest BCUT2D eigenvalue weighted by atomic mass is 10.3. The smallest absolute Gasteiger partial charge is 0.238 e. The fourth-order valence-electron chi connectivity index (χ4n) is 1.06. The highest BCUT2D eigenvalue weighted by atomic mass is 35.5. The highest BCUT2D eigenvalue weighted by Crippen LogP contribution is 2.19. The number of carbonyl (C=O) groups excluding carboxylic acids is 1. The van der Waals surface area contributed by atoms with Gasteiger partial charge in [-0.05, 0) is 32.3 Å². The molecule has 0 radical (unpaired) electrons. The van der Waals surface area contributed by atoms with Crippen molar-refractivity contribution in [1.29, 1.82) is 0 Å². The van der Waals surface area contributed by atoms with Crippen LogP contribution in [0, 0.1) is 5.82 Å². The second-order valence-electron chi connectivity index (χ2n) is 3.41. The number of nitrogens with zero attached hydrogens (tertiary/aromatic N) is 1. The van der Waals surface area contributed by atoms with Crippen molar-refractivity contribution in [3.05, 3.63) is 29.0 Å². The van der Waals surface area contributed by atoms with E-state index < -0.39 is 5.82 Å². The van der Waals surface area contributed by atoms with E-state index in [4.69, 9.17) is 11.6 Å². The van der Waals surface area contributed by atoms with Crippen LogP contribution in [0.1, 0.15) is 0 Å². The molecule has 0 saturated heterocycles. The molecule has 0 fully saturated rings. The minimum Gasteiger partial charge on any atom is -0.325 e. The predicted molar refractivity (Wildman–Crippen MR) is 58.6 cm³/mol. The fraction of sp³-hybridized carbons (Fsp3) is 0.300. The Hall–Kier alpha value is -1.13. The van der Waals surface area contributed by atoms with Gasteiger partial charge in [0.15, 0.2) is 0 Å². The third kappa shape index (κ3) is 3.85. The molecule has 0 aliphatic rings. The molecule has 0 atom stereocenters. The molecule has 0 unspecified atom stereocenters. The van der Waals surface area contributed by atoms with Crippen LogP contribution in [0.2, 0.25) is 5.02 Å². The van der Waals surface area contributed by atoms with Crippen molar-refractivity contribution < 1.29 is 9.18 Å². The molecule has 0 spiro atoms. The fourth-order valence-corrected chi connectivity index (χ4v) is 1.24. The number of halogens is 2. The molecule has 0 heterocycles. The molecule has 0 aliphatic carbocycles. The Labute approximate surface area is 92.8 Å². The van der Waals surface area contributed by atoms with E-state index in [-0.39, 0.29) is 17.5 Å². The molecule has 1 N–H and O–H groups in total. The first-order valence-electron chi connectivity index (χ1n) is 4.38. The van der Waals surface area contributed by atoms with E-state index in [1.165, 1.54) is 18.2 Å². The summed E-state index contributed by atoms with van der Waals surface area (Å²) in [6.45, 7) is 0.273. The minimum atomic E-state index is -0.498. The highest BCUT2D eigenvalue weighted by Gasteiger charge is 2.05. The Bertz CT molecular complexity index is 368. The van der Waals surface area contributed by atoms with Crippen molar-refractivity contribution in [2.75, 3.05) is 26.0 Å². The monoisotopic (exact) mass is 230 g/mol. The largest absolute Gasteiger partial charge is 0.325 e. The van der Waals surface area contributed by atoms with Crippen molar-refractivity contribution in [1.82, 2.24) is 4.90 Å². The zero-order chi connectivity index (χ0) is 11.4. The lowest BCUT2D eigenvalue weighted by molar-refractivity contribution is -0.116. The first-order chi connectivity index (χ1) is 6.99. The summed E-state index contributed by atoms with van der Waals surface area (Å²) < 4.78 is 12.8. The summed E-state index contributed by atoms with van der Waals surface area (Å²) in [7, 11) is 3.58. The molecule has 0 bridgehead atoms. The summed E-state index contributed by atoms with van der Waals surface area (Å²) in [6, 6.07) is 4.06. The summed E-state index contributed by atoms with van der Waals surface area (Å²) in [6.07, 6.45) is 0. The number of nitrogens with one attached hydrogen (secondary N) is 1. The highest BCUT2D eigenvalue weighted by molar-refractivity contribution is 6.31. The number of hydrogen-bond donors (Lipinski definition) is 1. The third-order valence-electron chi connectivity index (χ3n) is 1.66. The van der Waals surface area contributed by atoms with Gasteiger partial charge in [-0.15, -0.1) is 0 Å². The normalized spacial score (nSPS) is 10.5. The predicted octanol–water partition coefficient (Wildman–Crippen LogP) is 1.98. The van der Waals surface area contributed by atoms with Crippen molar-refractivity contribution in [2.24, 2.45) is 0 Å². The Kier molecular flexibility index (Phi) is 4.05. The quantitative estimate of drug-likeness (QED) is 0.861. The topological polar surface area (TPSA) is 32.3 Å². The summed E-state index contributed by atoms with van der Waals surface area (Å²) in [5.74, 6) is -0.662. The molecule has 3 nitrogen and oxygen atoms in total. The number of amides is 1. The Morgan fingerprint density at radius 2 is 2.20 bits per heavy atom. The maximum Gasteiger partial charge on any atom is 0.238 e. The van der Waals surface area contributed by atoms with Crippen LogP contribution in [0.25, 0.3) is 0 Å². The van der Waals surface area contributed by atoms with Crippen LogP contribution < -0.4 is 5.32 Å². The van der Waals surface area contributed by atoms with E-state index in [1.54, 1.807) is 19.0 Å². The molecule has 82 valence electrons. The van der Waals surface area contributed by atoms with Crippen LogP contribution in [-0.4, -0.2) is 31.4 Å². The number of likely N-dealkylation sites (N-methyl/N-ethyl adjacent to an activating group) is 1. The molecule has 0 aromatic heterocycles. The average molecular weight is 231 g/mol. The summed E-state index contributed by atoms with van der Waals surface area (Å²) in [5, 5.41) is 2.61. The summed E-state index contributed by atoms with van der Waals surface area (Å²) in [5.41, 5.74) is 0.494. The van der Waals surface area contributed by atoms with Gasteiger partial charge in [0.25, 0.3) is 0 Å². The zero-order valence-corrected chi connectivity index (χ0v) is 9.31.